The van der Waals surface area contributed by atoms with Crippen molar-refractivity contribution in [1.29, 1.82) is 0 Å². The molecule has 1 unspecified atom stereocenters. The molecule has 0 radical (unpaired) electrons. The Hall–Kier alpha value is -1.59. The Balaban J connectivity index is 2.25. The zero-order valence-corrected chi connectivity index (χ0v) is 12.1. The van der Waals surface area contributed by atoms with E-state index in [1.807, 2.05) is 12.1 Å². The molecule has 4 nitrogen and oxygen atoms in total. The van der Waals surface area contributed by atoms with E-state index in [2.05, 4.69) is 20.9 Å². The van der Waals surface area contributed by atoms with Gasteiger partial charge in [0.2, 0.25) is 0 Å². The Kier molecular flexibility index (Phi) is 4.39. The van der Waals surface area contributed by atoms with Gasteiger partial charge in [-0.1, -0.05) is 15.9 Å². The van der Waals surface area contributed by atoms with Crippen LogP contribution in [0.15, 0.2) is 41.1 Å². The van der Waals surface area contributed by atoms with E-state index in [9.17, 15) is 5.11 Å². The molecule has 0 amide bonds. The maximum Gasteiger partial charge on any atom is 0.119 e. The highest BCUT2D eigenvalue weighted by atomic mass is 79.9. The molecule has 0 saturated heterocycles. The summed E-state index contributed by atoms with van der Waals surface area (Å²) in [5, 5.41) is 10.3. The van der Waals surface area contributed by atoms with Gasteiger partial charge in [-0.3, -0.25) is 4.98 Å². The van der Waals surface area contributed by atoms with Gasteiger partial charge in [0.05, 0.1) is 13.2 Å². The number of aliphatic hydroxyl groups excluding tert-OH is 1. The molecule has 0 bridgehead atoms. The molecule has 0 fully saturated rings. The molecular weight excluding hydrogens is 308 g/mol. The van der Waals surface area contributed by atoms with Crippen LogP contribution in [0.3, 0.4) is 0 Å². The van der Waals surface area contributed by atoms with Crippen molar-refractivity contribution in [2.45, 2.75) is 12.5 Å². The summed E-state index contributed by atoms with van der Waals surface area (Å²) in [5.74, 6) is 0.705. The van der Waals surface area contributed by atoms with Crippen LogP contribution in [0.1, 0.15) is 17.2 Å². The van der Waals surface area contributed by atoms with Gasteiger partial charge in [-0.15, -0.1) is 0 Å². The fourth-order valence-corrected chi connectivity index (χ4v) is 2.34. The molecule has 2 rings (SSSR count). The fourth-order valence-electron chi connectivity index (χ4n) is 1.83. The van der Waals surface area contributed by atoms with Crippen LogP contribution in [-0.4, -0.2) is 17.2 Å². The minimum Gasteiger partial charge on any atom is -0.497 e. The third-order valence-electron chi connectivity index (χ3n) is 2.92. The Bertz CT molecular complexity index is 575. The minimum atomic E-state index is -0.670. The van der Waals surface area contributed by atoms with E-state index in [1.54, 1.807) is 31.6 Å². The van der Waals surface area contributed by atoms with Crippen molar-refractivity contribution in [3.8, 4) is 5.75 Å². The number of rotatable bonds is 4. The lowest BCUT2D eigenvalue weighted by atomic mass is 10.0. The second-order valence-corrected chi connectivity index (χ2v) is 5.04. The molecule has 1 aromatic heterocycles. The number of nitrogens with zero attached hydrogens (tertiary/aromatic N) is 1. The highest BCUT2D eigenvalue weighted by Gasteiger charge is 2.14. The summed E-state index contributed by atoms with van der Waals surface area (Å²) in [6.45, 7) is 0. The van der Waals surface area contributed by atoms with Crippen LogP contribution in [0.2, 0.25) is 0 Å². The van der Waals surface area contributed by atoms with E-state index in [0.29, 0.717) is 17.9 Å². The number of hydrogen-bond acceptors (Lipinski definition) is 4. The molecule has 0 aliphatic heterocycles. The highest BCUT2D eigenvalue weighted by molar-refractivity contribution is 9.10. The first-order valence-electron chi connectivity index (χ1n) is 5.81. The molecule has 1 aromatic carbocycles. The first kappa shape index (κ1) is 13.8. The second kappa shape index (κ2) is 6.04. The Labute approximate surface area is 120 Å². The molecule has 1 heterocycles. The number of aliphatic hydroxyl groups is 1. The Morgan fingerprint density at radius 3 is 2.89 bits per heavy atom. The predicted octanol–water partition coefficient (Wildman–Crippen LogP) is 2.71. The third kappa shape index (κ3) is 3.24. The summed E-state index contributed by atoms with van der Waals surface area (Å²) in [6.07, 6.45) is 3.04. The van der Waals surface area contributed by atoms with Gasteiger partial charge in [-0.05, 0) is 35.4 Å². The summed E-state index contributed by atoms with van der Waals surface area (Å²) in [6, 6.07) is 7.21. The first-order chi connectivity index (χ1) is 9.11. The summed E-state index contributed by atoms with van der Waals surface area (Å²) < 4.78 is 6.00. The highest BCUT2D eigenvalue weighted by Crippen LogP contribution is 2.30. The van der Waals surface area contributed by atoms with Crippen LogP contribution in [0.4, 0.5) is 5.69 Å². The Morgan fingerprint density at radius 2 is 2.21 bits per heavy atom. The number of anilines is 1. The maximum atomic E-state index is 10.3. The van der Waals surface area contributed by atoms with Gasteiger partial charge >= 0.3 is 0 Å². The SMILES string of the molecule is COc1ccc(Br)c(C(O)Cc2cnccc2N)c1. The number of aromatic nitrogens is 1. The quantitative estimate of drug-likeness (QED) is 0.908. The number of hydrogen-bond donors (Lipinski definition) is 2. The van der Waals surface area contributed by atoms with E-state index >= 15 is 0 Å². The standard InChI is InChI=1S/C14H15BrN2O2/c1-19-10-2-3-12(15)11(7-10)14(18)6-9-8-17-5-4-13(9)16/h2-5,7-8,14,18H,6H2,1H3,(H2,16,17). The third-order valence-corrected chi connectivity index (χ3v) is 3.64. The van der Waals surface area contributed by atoms with E-state index < -0.39 is 6.10 Å². The molecule has 0 aliphatic carbocycles. The van der Waals surface area contributed by atoms with Gasteiger partial charge in [0.15, 0.2) is 0 Å². The summed E-state index contributed by atoms with van der Waals surface area (Å²) in [5.41, 5.74) is 8.08. The second-order valence-electron chi connectivity index (χ2n) is 4.18. The lowest BCUT2D eigenvalue weighted by Crippen LogP contribution is -2.05. The van der Waals surface area contributed by atoms with Crippen molar-refractivity contribution in [3.05, 3.63) is 52.3 Å². The molecule has 0 saturated carbocycles. The van der Waals surface area contributed by atoms with E-state index in [0.717, 1.165) is 15.6 Å². The van der Waals surface area contributed by atoms with Crippen LogP contribution in [0.5, 0.6) is 5.75 Å². The van der Waals surface area contributed by atoms with Crippen LogP contribution in [0, 0.1) is 0 Å². The number of ether oxygens (including phenoxy) is 1. The van der Waals surface area contributed by atoms with Crippen molar-refractivity contribution >= 4 is 21.6 Å². The smallest absolute Gasteiger partial charge is 0.119 e. The van der Waals surface area contributed by atoms with Crippen molar-refractivity contribution in [3.63, 3.8) is 0 Å². The van der Waals surface area contributed by atoms with E-state index in [-0.39, 0.29) is 0 Å². The van der Waals surface area contributed by atoms with Crippen molar-refractivity contribution in [2.75, 3.05) is 12.8 Å². The number of benzene rings is 1. The largest absolute Gasteiger partial charge is 0.497 e. The van der Waals surface area contributed by atoms with Gasteiger partial charge in [-0.25, -0.2) is 0 Å². The van der Waals surface area contributed by atoms with Crippen LogP contribution in [-0.2, 0) is 6.42 Å². The van der Waals surface area contributed by atoms with Gasteiger partial charge in [0.1, 0.15) is 5.75 Å². The number of halogens is 1. The van der Waals surface area contributed by atoms with Gasteiger partial charge in [0, 0.05) is 29.0 Å². The molecule has 0 spiro atoms. The topological polar surface area (TPSA) is 68.4 Å². The lowest BCUT2D eigenvalue weighted by Gasteiger charge is -2.15. The fraction of sp³-hybridized carbons (Fsp3) is 0.214. The molecule has 0 aliphatic rings. The predicted molar refractivity (Wildman–Crippen MR) is 78.0 cm³/mol. The number of methoxy groups -OCH3 is 1. The molecule has 2 aromatic rings. The average molecular weight is 323 g/mol. The van der Waals surface area contributed by atoms with Gasteiger partial charge in [-0.2, -0.15) is 0 Å². The zero-order chi connectivity index (χ0) is 13.8. The van der Waals surface area contributed by atoms with Crippen molar-refractivity contribution in [2.24, 2.45) is 0 Å². The van der Waals surface area contributed by atoms with E-state index in [4.69, 9.17) is 10.5 Å². The average Bonchev–Trinajstić information content (AvgIpc) is 2.42. The van der Waals surface area contributed by atoms with Crippen LogP contribution in [0.25, 0.3) is 0 Å². The van der Waals surface area contributed by atoms with Crippen LogP contribution < -0.4 is 10.5 Å². The molecule has 19 heavy (non-hydrogen) atoms. The van der Waals surface area contributed by atoms with Gasteiger partial charge in [0.25, 0.3) is 0 Å². The molecule has 1 atom stereocenters. The van der Waals surface area contributed by atoms with Gasteiger partial charge < -0.3 is 15.6 Å². The molecule has 5 heteroatoms. The van der Waals surface area contributed by atoms with Crippen molar-refractivity contribution in [1.82, 2.24) is 4.98 Å². The van der Waals surface area contributed by atoms with Crippen LogP contribution >= 0.6 is 15.9 Å². The summed E-state index contributed by atoms with van der Waals surface area (Å²) in [7, 11) is 1.60. The first-order valence-corrected chi connectivity index (χ1v) is 6.61. The monoisotopic (exact) mass is 322 g/mol. The summed E-state index contributed by atoms with van der Waals surface area (Å²) in [4.78, 5) is 4.02. The molecular formula is C14H15BrN2O2. The normalized spacial score (nSPS) is 12.2. The lowest BCUT2D eigenvalue weighted by molar-refractivity contribution is 0.177. The van der Waals surface area contributed by atoms with E-state index in [1.165, 1.54) is 0 Å². The zero-order valence-electron chi connectivity index (χ0n) is 10.5. The number of nitrogen functional groups attached to an aromatic ring is 1. The minimum absolute atomic E-state index is 0.408. The number of pyridine rings is 1. The number of nitrogens with two attached hydrogens (primary N) is 1. The molecule has 100 valence electrons. The summed E-state index contributed by atoms with van der Waals surface area (Å²) >= 11 is 3.43. The Morgan fingerprint density at radius 1 is 1.42 bits per heavy atom. The maximum absolute atomic E-state index is 10.3. The van der Waals surface area contributed by atoms with Crippen molar-refractivity contribution < 1.29 is 9.84 Å². The molecule has 3 N–H and O–H groups in total.